The number of ketones is 1. The van der Waals surface area contributed by atoms with E-state index in [-0.39, 0.29) is 24.5 Å². The second kappa shape index (κ2) is 14.8. The van der Waals surface area contributed by atoms with Gasteiger partial charge in [-0.05, 0) is 110 Å². The Morgan fingerprint density at radius 3 is 1.84 bits per heavy atom. The van der Waals surface area contributed by atoms with Gasteiger partial charge in [-0.3, -0.25) is 14.1 Å². The Labute approximate surface area is 261 Å². The van der Waals surface area contributed by atoms with Crippen molar-refractivity contribution < 1.29 is 22.6 Å². The molecule has 2 aliphatic carbocycles. The predicted molar refractivity (Wildman–Crippen MR) is 177 cm³/mol. The minimum atomic E-state index is -4.09. The van der Waals surface area contributed by atoms with Crippen LogP contribution in [0.1, 0.15) is 103 Å². The number of allylic oxidation sites excluding steroid dienone is 4. The zero-order valence-corrected chi connectivity index (χ0v) is 26.0. The largest absolute Gasteiger partial charge is 0.326 e. The van der Waals surface area contributed by atoms with Gasteiger partial charge >= 0.3 is 0 Å². The van der Waals surface area contributed by atoms with Gasteiger partial charge in [0.05, 0.1) is 11.7 Å². The van der Waals surface area contributed by atoms with E-state index < -0.39 is 21.8 Å². The van der Waals surface area contributed by atoms with Crippen LogP contribution in [0.5, 0.6) is 0 Å². The minimum absolute atomic E-state index is 0.0308. The van der Waals surface area contributed by atoms with Crippen LogP contribution in [0.15, 0.2) is 84.9 Å². The number of benzene rings is 3. The molecule has 0 aliphatic heterocycles. The van der Waals surface area contributed by atoms with E-state index in [2.05, 4.69) is 53.9 Å². The first-order valence-corrected chi connectivity index (χ1v) is 17.3. The Bertz CT molecular complexity index is 1620. The molecule has 44 heavy (non-hydrogen) atoms. The Balaban J connectivity index is 1.32. The molecule has 1 amide bonds. The summed E-state index contributed by atoms with van der Waals surface area (Å²) in [6.07, 6.45) is 14.5. The van der Waals surface area contributed by atoms with Gasteiger partial charge in [0.1, 0.15) is 0 Å². The summed E-state index contributed by atoms with van der Waals surface area (Å²) in [6.45, 7) is 0. The molecule has 1 atom stereocenters. The van der Waals surface area contributed by atoms with E-state index in [1.165, 1.54) is 48.0 Å². The SMILES string of the molecule is O=C(CCCS(=O)(=O)O)c1ccc(CC(C(=O)Nc2ccc(C3=CCCCC3)cc2)c2ccc(C3=CCCCC3)cc2)cc1. The molecule has 2 aliphatic rings. The van der Waals surface area contributed by atoms with Crippen LogP contribution >= 0.6 is 0 Å². The van der Waals surface area contributed by atoms with E-state index in [0.29, 0.717) is 12.0 Å². The Morgan fingerprint density at radius 2 is 1.32 bits per heavy atom. The van der Waals surface area contributed by atoms with E-state index in [0.717, 1.165) is 42.5 Å². The third-order valence-electron chi connectivity index (χ3n) is 8.63. The van der Waals surface area contributed by atoms with Crippen molar-refractivity contribution in [3.63, 3.8) is 0 Å². The molecule has 1 unspecified atom stereocenters. The molecule has 0 fully saturated rings. The lowest BCUT2D eigenvalue weighted by molar-refractivity contribution is -0.117. The van der Waals surface area contributed by atoms with E-state index in [1.54, 1.807) is 12.1 Å². The number of amides is 1. The maximum absolute atomic E-state index is 13.8. The van der Waals surface area contributed by atoms with Crippen molar-refractivity contribution in [1.29, 1.82) is 0 Å². The fourth-order valence-corrected chi connectivity index (χ4v) is 6.62. The van der Waals surface area contributed by atoms with Crippen molar-refractivity contribution in [3.8, 4) is 0 Å². The van der Waals surface area contributed by atoms with E-state index in [4.69, 9.17) is 4.55 Å². The highest BCUT2D eigenvalue weighted by atomic mass is 32.2. The highest BCUT2D eigenvalue weighted by Gasteiger charge is 2.22. The van der Waals surface area contributed by atoms with Gasteiger partial charge in [-0.25, -0.2) is 0 Å². The number of nitrogens with one attached hydrogen (secondary N) is 1. The zero-order valence-electron chi connectivity index (χ0n) is 25.1. The average Bonchev–Trinajstić information content (AvgIpc) is 3.04. The van der Waals surface area contributed by atoms with Crippen LogP contribution in [-0.2, 0) is 21.3 Å². The van der Waals surface area contributed by atoms with E-state index in [9.17, 15) is 18.0 Å². The summed E-state index contributed by atoms with van der Waals surface area (Å²) in [5, 5.41) is 3.14. The first-order chi connectivity index (χ1) is 21.2. The zero-order chi connectivity index (χ0) is 30.9. The first kappa shape index (κ1) is 31.6. The summed E-state index contributed by atoms with van der Waals surface area (Å²) in [4.78, 5) is 26.3. The summed E-state index contributed by atoms with van der Waals surface area (Å²) in [6, 6.07) is 23.6. The number of carbonyl (C=O) groups excluding carboxylic acids is 2. The van der Waals surface area contributed by atoms with E-state index >= 15 is 0 Å². The van der Waals surface area contributed by atoms with Crippen molar-refractivity contribution >= 4 is 38.6 Å². The van der Waals surface area contributed by atoms with Crippen molar-refractivity contribution in [2.45, 2.75) is 76.5 Å². The highest BCUT2D eigenvalue weighted by Crippen LogP contribution is 2.31. The van der Waals surface area contributed by atoms with Crippen LogP contribution in [0, 0.1) is 0 Å². The van der Waals surface area contributed by atoms with Gasteiger partial charge < -0.3 is 5.32 Å². The summed E-state index contributed by atoms with van der Waals surface area (Å²) in [5.74, 6) is -1.16. The predicted octanol–water partition coefficient (Wildman–Crippen LogP) is 8.42. The van der Waals surface area contributed by atoms with Gasteiger partial charge in [-0.15, -0.1) is 0 Å². The van der Waals surface area contributed by atoms with Crippen molar-refractivity contribution in [2.75, 3.05) is 11.1 Å². The lowest BCUT2D eigenvalue weighted by atomic mass is 9.88. The second-order valence-corrected chi connectivity index (χ2v) is 13.5. The third kappa shape index (κ3) is 8.87. The number of anilines is 1. The van der Waals surface area contributed by atoms with Gasteiger partial charge in [-0.2, -0.15) is 8.42 Å². The van der Waals surface area contributed by atoms with Crippen LogP contribution in [0.3, 0.4) is 0 Å². The fraction of sp³-hybridized carbons (Fsp3) is 0.351. The van der Waals surface area contributed by atoms with Gasteiger partial charge in [0.2, 0.25) is 5.91 Å². The molecule has 5 rings (SSSR count). The van der Waals surface area contributed by atoms with Gasteiger partial charge in [0.25, 0.3) is 10.1 Å². The van der Waals surface area contributed by atoms with Crippen LogP contribution < -0.4 is 5.32 Å². The number of hydrogen-bond donors (Lipinski definition) is 2. The highest BCUT2D eigenvalue weighted by molar-refractivity contribution is 7.85. The average molecular weight is 612 g/mol. The van der Waals surface area contributed by atoms with Crippen molar-refractivity contribution in [1.82, 2.24) is 0 Å². The molecule has 2 N–H and O–H groups in total. The molecule has 0 spiro atoms. The molecule has 3 aromatic rings. The summed E-state index contributed by atoms with van der Waals surface area (Å²) < 4.78 is 30.9. The Morgan fingerprint density at radius 1 is 0.750 bits per heavy atom. The van der Waals surface area contributed by atoms with Gasteiger partial charge in [0.15, 0.2) is 5.78 Å². The fourth-order valence-electron chi connectivity index (χ4n) is 6.11. The number of hydrogen-bond acceptors (Lipinski definition) is 4. The molecular formula is C37H41NO5S. The number of rotatable bonds is 12. The third-order valence-corrected chi connectivity index (χ3v) is 9.43. The smallest absolute Gasteiger partial charge is 0.264 e. The van der Waals surface area contributed by atoms with Crippen LogP contribution in [-0.4, -0.2) is 30.4 Å². The molecule has 6 nitrogen and oxygen atoms in total. The monoisotopic (exact) mass is 611 g/mol. The second-order valence-electron chi connectivity index (χ2n) is 11.9. The van der Waals surface area contributed by atoms with Crippen LogP contribution in [0.4, 0.5) is 5.69 Å². The molecule has 0 radical (unpaired) electrons. The van der Waals surface area contributed by atoms with Crippen molar-refractivity contribution in [2.24, 2.45) is 0 Å². The summed E-state index contributed by atoms with van der Waals surface area (Å²) in [7, 11) is -4.09. The maximum atomic E-state index is 13.8. The maximum Gasteiger partial charge on any atom is 0.264 e. The topological polar surface area (TPSA) is 101 Å². The number of Topliss-reactive ketones (excluding diaryl/α,β-unsaturated/α-hetero) is 1. The van der Waals surface area contributed by atoms with Crippen molar-refractivity contribution in [3.05, 3.63) is 113 Å². The van der Waals surface area contributed by atoms with E-state index in [1.807, 2.05) is 24.3 Å². The normalized spacial score (nSPS) is 16.0. The standard InChI is InChI=1S/C37H41NO5S/c39-36(12-7-25-44(41,42)43)33-15-13-27(14-16-33)26-35(32-19-17-30(18-20-32)28-8-3-1-4-9-28)37(40)38-34-23-21-31(22-24-34)29-10-5-2-6-11-29/h8,10,13-24,35H,1-7,9,11-12,25-26H2,(H,38,40)(H,41,42,43). The molecule has 0 aromatic heterocycles. The quantitative estimate of drug-likeness (QED) is 0.158. The molecule has 0 bridgehead atoms. The van der Waals surface area contributed by atoms with Gasteiger partial charge in [0, 0.05) is 17.7 Å². The first-order valence-electron chi connectivity index (χ1n) is 15.7. The van der Waals surface area contributed by atoms with Crippen LogP contribution in [0.25, 0.3) is 11.1 Å². The molecule has 0 saturated carbocycles. The molecule has 0 saturated heterocycles. The molecular weight excluding hydrogens is 570 g/mol. The Hall–Kier alpha value is -3.81. The van der Waals surface area contributed by atoms with Gasteiger partial charge in [-0.1, -0.05) is 72.8 Å². The molecule has 3 aromatic carbocycles. The summed E-state index contributed by atoms with van der Waals surface area (Å²) >= 11 is 0. The molecule has 7 heteroatoms. The molecule has 0 heterocycles. The number of carbonyl (C=O) groups is 2. The lowest BCUT2D eigenvalue weighted by Gasteiger charge is -2.20. The Kier molecular flexibility index (Phi) is 10.6. The van der Waals surface area contributed by atoms with Crippen LogP contribution in [0.2, 0.25) is 0 Å². The summed E-state index contributed by atoms with van der Waals surface area (Å²) in [5.41, 5.74) is 8.24. The minimum Gasteiger partial charge on any atom is -0.326 e. The molecule has 230 valence electrons. The lowest BCUT2D eigenvalue weighted by Crippen LogP contribution is -2.23.